The maximum Gasteiger partial charge on any atom is 0.0949 e. The molecule has 0 radical (unpaired) electrons. The highest BCUT2D eigenvalue weighted by atomic mass is 15.4. The maximum atomic E-state index is 4.54. The van der Waals surface area contributed by atoms with E-state index in [1.165, 1.54) is 37.3 Å². The molecule has 0 N–H and O–H groups in total. The molecule has 3 aliphatic heterocycles. The highest BCUT2D eigenvalue weighted by Crippen LogP contribution is 2.34. The monoisotopic (exact) mass is 262 g/mol. The molecule has 3 saturated heterocycles. The van der Waals surface area contributed by atoms with Gasteiger partial charge >= 0.3 is 0 Å². The van der Waals surface area contributed by atoms with Gasteiger partial charge in [0.2, 0.25) is 0 Å². The lowest BCUT2D eigenvalue weighted by Crippen LogP contribution is -2.69. The van der Waals surface area contributed by atoms with Crippen molar-refractivity contribution in [3.63, 3.8) is 0 Å². The molecule has 1 aromatic heterocycles. The minimum atomic E-state index is 0.740. The van der Waals surface area contributed by atoms with Crippen molar-refractivity contribution in [1.29, 1.82) is 0 Å². The first-order chi connectivity index (χ1) is 9.10. The van der Waals surface area contributed by atoms with Crippen LogP contribution >= 0.6 is 0 Å². The second kappa shape index (κ2) is 4.91. The summed E-state index contributed by atoms with van der Waals surface area (Å²) in [5.74, 6) is 0. The van der Waals surface area contributed by atoms with Gasteiger partial charge in [0.1, 0.15) is 0 Å². The Labute approximate surface area is 116 Å². The molecule has 3 fully saturated rings. The van der Waals surface area contributed by atoms with Gasteiger partial charge in [-0.05, 0) is 26.7 Å². The van der Waals surface area contributed by atoms with Crippen LogP contribution in [0.15, 0.2) is 6.33 Å². The Morgan fingerprint density at radius 2 is 2.05 bits per heavy atom. The van der Waals surface area contributed by atoms with E-state index >= 15 is 0 Å². The highest BCUT2D eigenvalue weighted by molar-refractivity contribution is 5.13. The highest BCUT2D eigenvalue weighted by Gasteiger charge is 2.45. The molecule has 0 spiro atoms. The smallest absolute Gasteiger partial charge is 0.0949 e. The third kappa shape index (κ3) is 2.21. The zero-order valence-electron chi connectivity index (χ0n) is 12.6. The van der Waals surface area contributed by atoms with Crippen LogP contribution in [0.2, 0.25) is 0 Å². The average molecular weight is 262 g/mol. The number of imidazole rings is 1. The van der Waals surface area contributed by atoms with E-state index in [2.05, 4.69) is 47.2 Å². The molecule has 0 aromatic carbocycles. The molecule has 1 aromatic rings. The van der Waals surface area contributed by atoms with Crippen LogP contribution in [0.4, 0.5) is 0 Å². The Balaban J connectivity index is 1.63. The standard InChI is InChI=1S/C15H26N4/c1-5-11(2)18-7-13-6-14(8-18)19(13)9-15-12(3)17(4)10-16-15/h10-11,13-14H,5-9H2,1-4H3. The predicted octanol–water partition coefficient (Wildman–Crippen LogP) is 1.79. The van der Waals surface area contributed by atoms with E-state index in [1.54, 1.807) is 0 Å². The van der Waals surface area contributed by atoms with Gasteiger partial charge in [-0.2, -0.15) is 0 Å². The molecule has 4 heteroatoms. The lowest BCUT2D eigenvalue weighted by molar-refractivity contribution is -0.0863. The maximum absolute atomic E-state index is 4.54. The first kappa shape index (κ1) is 13.1. The van der Waals surface area contributed by atoms with Gasteiger partial charge in [-0.1, -0.05) is 6.92 Å². The first-order valence-electron chi connectivity index (χ1n) is 7.56. The van der Waals surface area contributed by atoms with Crippen molar-refractivity contribution in [3.05, 3.63) is 17.7 Å². The minimum absolute atomic E-state index is 0.740. The van der Waals surface area contributed by atoms with Crippen molar-refractivity contribution in [2.45, 2.75) is 58.3 Å². The molecule has 3 unspecified atom stereocenters. The van der Waals surface area contributed by atoms with Gasteiger partial charge in [0.25, 0.3) is 0 Å². The molecule has 4 nitrogen and oxygen atoms in total. The summed E-state index contributed by atoms with van der Waals surface area (Å²) in [4.78, 5) is 9.87. The summed E-state index contributed by atoms with van der Waals surface area (Å²) < 4.78 is 2.12. The molecular formula is C15H26N4. The number of nitrogens with zero attached hydrogens (tertiary/aromatic N) is 4. The van der Waals surface area contributed by atoms with Crippen LogP contribution in [0.3, 0.4) is 0 Å². The summed E-state index contributed by atoms with van der Waals surface area (Å²) in [6, 6.07) is 2.26. The van der Waals surface area contributed by atoms with Gasteiger partial charge in [-0.15, -0.1) is 0 Å². The summed E-state index contributed by atoms with van der Waals surface area (Å²) in [5, 5.41) is 0. The quantitative estimate of drug-likeness (QED) is 0.827. The fourth-order valence-corrected chi connectivity index (χ4v) is 3.46. The largest absolute Gasteiger partial charge is 0.338 e. The molecule has 106 valence electrons. The molecule has 3 atom stereocenters. The minimum Gasteiger partial charge on any atom is -0.338 e. The lowest BCUT2D eigenvalue weighted by atomic mass is 9.86. The van der Waals surface area contributed by atoms with Crippen molar-refractivity contribution in [2.75, 3.05) is 13.1 Å². The first-order valence-corrected chi connectivity index (χ1v) is 7.56. The summed E-state index contributed by atoms with van der Waals surface area (Å²) in [5.41, 5.74) is 2.57. The topological polar surface area (TPSA) is 24.3 Å². The number of fused-ring (bicyclic) bond motifs is 2. The van der Waals surface area contributed by atoms with E-state index in [0.29, 0.717) is 0 Å². The normalized spacial score (nSPS) is 29.3. The number of rotatable bonds is 4. The number of hydrogen-bond donors (Lipinski definition) is 0. The lowest BCUT2D eigenvalue weighted by Gasteiger charge is -2.57. The number of hydrogen-bond acceptors (Lipinski definition) is 3. The van der Waals surface area contributed by atoms with Gasteiger partial charge in [0, 0.05) is 50.5 Å². The zero-order valence-corrected chi connectivity index (χ0v) is 12.6. The number of piperidine rings is 1. The fraction of sp³-hybridized carbons (Fsp3) is 0.800. The van der Waals surface area contributed by atoms with Crippen LogP contribution in [0.25, 0.3) is 0 Å². The van der Waals surface area contributed by atoms with E-state index in [1.807, 2.05) is 6.33 Å². The van der Waals surface area contributed by atoms with Crippen molar-refractivity contribution >= 4 is 0 Å². The zero-order chi connectivity index (χ0) is 13.6. The van der Waals surface area contributed by atoms with Crippen LogP contribution in [0.1, 0.15) is 38.1 Å². The van der Waals surface area contributed by atoms with Crippen LogP contribution in [0, 0.1) is 6.92 Å². The van der Waals surface area contributed by atoms with Crippen molar-refractivity contribution in [1.82, 2.24) is 19.4 Å². The predicted molar refractivity (Wildman–Crippen MR) is 77.0 cm³/mol. The number of aryl methyl sites for hydroxylation is 1. The molecular weight excluding hydrogens is 236 g/mol. The van der Waals surface area contributed by atoms with Crippen molar-refractivity contribution in [2.24, 2.45) is 7.05 Å². The second-order valence-corrected chi connectivity index (χ2v) is 6.31. The van der Waals surface area contributed by atoms with Gasteiger partial charge in [-0.25, -0.2) is 4.98 Å². The third-order valence-corrected chi connectivity index (χ3v) is 5.25. The van der Waals surface area contributed by atoms with E-state index < -0.39 is 0 Å². The van der Waals surface area contributed by atoms with Gasteiger partial charge in [0.05, 0.1) is 12.0 Å². The van der Waals surface area contributed by atoms with Crippen LogP contribution in [-0.4, -0.2) is 50.6 Å². The molecule has 4 rings (SSSR count). The molecule has 0 aliphatic carbocycles. The molecule has 3 aliphatic rings. The fourth-order valence-electron chi connectivity index (χ4n) is 3.46. The summed E-state index contributed by atoms with van der Waals surface area (Å²) in [7, 11) is 2.08. The molecule has 0 amide bonds. The Bertz CT molecular complexity index is 441. The van der Waals surface area contributed by atoms with Gasteiger partial charge in [0.15, 0.2) is 0 Å². The van der Waals surface area contributed by atoms with Crippen molar-refractivity contribution in [3.8, 4) is 0 Å². The van der Waals surface area contributed by atoms with Crippen molar-refractivity contribution < 1.29 is 0 Å². The third-order valence-electron chi connectivity index (χ3n) is 5.25. The second-order valence-electron chi connectivity index (χ2n) is 6.31. The summed E-state index contributed by atoms with van der Waals surface area (Å²) in [6.07, 6.45) is 4.59. The Hall–Kier alpha value is -0.870. The Morgan fingerprint density at radius 3 is 2.58 bits per heavy atom. The Morgan fingerprint density at radius 1 is 1.37 bits per heavy atom. The molecule has 2 bridgehead atoms. The van der Waals surface area contributed by atoms with Crippen LogP contribution in [-0.2, 0) is 13.6 Å². The van der Waals surface area contributed by atoms with Crippen LogP contribution in [0.5, 0.6) is 0 Å². The summed E-state index contributed by atoms with van der Waals surface area (Å²) >= 11 is 0. The van der Waals surface area contributed by atoms with Crippen LogP contribution < -0.4 is 0 Å². The number of piperazine rings is 1. The molecule has 4 heterocycles. The SMILES string of the molecule is CCC(C)N1CC2CC(C1)N2Cc1ncn(C)c1C. The number of aromatic nitrogens is 2. The average Bonchev–Trinajstić information content (AvgIpc) is 2.75. The van der Waals surface area contributed by atoms with E-state index in [4.69, 9.17) is 0 Å². The van der Waals surface area contributed by atoms with E-state index in [0.717, 1.165) is 24.7 Å². The molecule has 19 heavy (non-hydrogen) atoms. The van der Waals surface area contributed by atoms with E-state index in [-0.39, 0.29) is 0 Å². The molecule has 0 saturated carbocycles. The van der Waals surface area contributed by atoms with E-state index in [9.17, 15) is 0 Å². The summed E-state index contributed by atoms with van der Waals surface area (Å²) in [6.45, 7) is 10.4. The van der Waals surface area contributed by atoms with Gasteiger partial charge < -0.3 is 4.57 Å². The Kier molecular flexibility index (Phi) is 3.39. The van der Waals surface area contributed by atoms with Gasteiger partial charge in [-0.3, -0.25) is 9.80 Å².